The number of carbonyl (C=O) groups is 2. The van der Waals surface area contributed by atoms with E-state index in [1.165, 1.54) is 0 Å². The number of carboxylic acid groups (broad SMARTS) is 1. The molecule has 1 saturated carbocycles. The van der Waals surface area contributed by atoms with E-state index >= 15 is 0 Å². The van der Waals surface area contributed by atoms with E-state index < -0.39 is 33.2 Å². The molecule has 0 aliphatic heterocycles. The van der Waals surface area contributed by atoms with E-state index in [1.807, 2.05) is 13.0 Å². The number of carboxylic acids is 1. The molecular weight excluding hydrogens is 320 g/mol. The van der Waals surface area contributed by atoms with Gasteiger partial charge >= 0.3 is 5.97 Å². The molecule has 0 heterocycles. The highest BCUT2D eigenvalue weighted by Gasteiger charge is 2.36. The minimum Gasteiger partial charge on any atom is -0.480 e. The third-order valence-electron chi connectivity index (χ3n) is 3.65. The van der Waals surface area contributed by atoms with Crippen LogP contribution >= 0.6 is 0 Å². The van der Waals surface area contributed by atoms with Crippen LogP contribution in [0.3, 0.4) is 0 Å². The maximum Gasteiger partial charge on any atom is 0.327 e. The largest absolute Gasteiger partial charge is 0.480 e. The van der Waals surface area contributed by atoms with Crippen molar-refractivity contribution >= 4 is 21.9 Å². The van der Waals surface area contributed by atoms with Crippen LogP contribution in [0.1, 0.15) is 35.7 Å². The van der Waals surface area contributed by atoms with E-state index in [2.05, 4.69) is 10.0 Å². The average Bonchev–Trinajstić information content (AvgIpc) is 3.36. The zero-order valence-corrected chi connectivity index (χ0v) is 13.6. The Morgan fingerprint density at radius 2 is 2.04 bits per heavy atom. The Morgan fingerprint density at radius 1 is 1.35 bits per heavy atom. The summed E-state index contributed by atoms with van der Waals surface area (Å²) < 4.78 is 25.7. The average molecular weight is 340 g/mol. The summed E-state index contributed by atoms with van der Waals surface area (Å²) in [6.45, 7) is 1.58. The first kappa shape index (κ1) is 17.4. The lowest BCUT2D eigenvalue weighted by atomic mass is 10.1. The molecule has 0 spiro atoms. The normalized spacial score (nSPS) is 15.9. The Balaban J connectivity index is 2.00. The molecule has 1 fully saturated rings. The Labute approximate surface area is 135 Å². The Bertz CT molecular complexity index is 698. The molecule has 1 atom stereocenters. The van der Waals surface area contributed by atoms with Crippen molar-refractivity contribution in [1.82, 2.24) is 10.0 Å². The molecule has 0 radical (unpaired) electrons. The van der Waals surface area contributed by atoms with Crippen molar-refractivity contribution in [3.63, 3.8) is 0 Å². The van der Waals surface area contributed by atoms with Crippen LogP contribution in [0.4, 0.5) is 0 Å². The molecule has 0 aromatic heterocycles. The summed E-state index contributed by atoms with van der Waals surface area (Å²) in [5, 5.41) is 11.1. The maximum absolute atomic E-state index is 12.1. The number of nitrogens with one attached hydrogen (secondary N) is 2. The van der Waals surface area contributed by atoms with Gasteiger partial charge in [0.25, 0.3) is 5.91 Å². The second-order valence-electron chi connectivity index (χ2n) is 5.51. The highest BCUT2D eigenvalue weighted by Crippen LogP contribution is 2.27. The van der Waals surface area contributed by atoms with E-state index in [1.54, 1.807) is 18.2 Å². The topological polar surface area (TPSA) is 113 Å². The van der Waals surface area contributed by atoms with Gasteiger partial charge < -0.3 is 10.4 Å². The second-order valence-corrected chi connectivity index (χ2v) is 7.56. The van der Waals surface area contributed by atoms with Crippen molar-refractivity contribution in [3.8, 4) is 0 Å². The van der Waals surface area contributed by atoms with Crippen molar-refractivity contribution in [2.45, 2.75) is 37.5 Å². The summed E-state index contributed by atoms with van der Waals surface area (Å²) in [6, 6.07) is 5.54. The molecule has 1 aromatic carbocycles. The van der Waals surface area contributed by atoms with Gasteiger partial charge in [-0.1, -0.05) is 19.1 Å². The minimum atomic E-state index is -3.49. The molecule has 0 saturated heterocycles. The molecule has 1 aliphatic rings. The highest BCUT2D eigenvalue weighted by molar-refractivity contribution is 7.90. The molecule has 1 aromatic rings. The Kier molecular flexibility index (Phi) is 5.38. The number of carbonyl (C=O) groups excluding carboxylic acids is 1. The molecule has 126 valence electrons. The lowest BCUT2D eigenvalue weighted by Crippen LogP contribution is -2.48. The van der Waals surface area contributed by atoms with Crippen LogP contribution in [0.15, 0.2) is 24.3 Å². The molecule has 0 bridgehead atoms. The fourth-order valence-corrected chi connectivity index (χ4v) is 3.46. The third-order valence-corrected chi connectivity index (χ3v) is 5.57. The van der Waals surface area contributed by atoms with Gasteiger partial charge in [-0.25, -0.2) is 17.9 Å². The predicted octanol–water partition coefficient (Wildman–Crippen LogP) is 0.514. The molecule has 8 heteroatoms. The first-order valence-corrected chi connectivity index (χ1v) is 8.99. The van der Waals surface area contributed by atoms with Crippen LogP contribution in [-0.4, -0.2) is 43.2 Å². The van der Waals surface area contributed by atoms with Crippen LogP contribution in [0.2, 0.25) is 0 Å². The summed E-state index contributed by atoms with van der Waals surface area (Å²) in [5.41, 5.74) is 1.31. The first-order chi connectivity index (χ1) is 10.8. The number of sulfonamides is 1. The second kappa shape index (κ2) is 7.10. The third kappa shape index (κ3) is 4.77. The van der Waals surface area contributed by atoms with Crippen molar-refractivity contribution in [2.24, 2.45) is 0 Å². The van der Waals surface area contributed by atoms with Crippen LogP contribution < -0.4 is 10.0 Å². The summed E-state index contributed by atoms with van der Waals surface area (Å²) in [5.74, 6) is -1.83. The quantitative estimate of drug-likeness (QED) is 0.638. The molecule has 0 unspecified atom stereocenters. The van der Waals surface area contributed by atoms with Gasteiger partial charge in [-0.2, -0.15) is 0 Å². The number of hydrogen-bond donors (Lipinski definition) is 3. The van der Waals surface area contributed by atoms with Gasteiger partial charge in [-0.05, 0) is 37.0 Å². The summed E-state index contributed by atoms with van der Waals surface area (Å²) >= 11 is 0. The number of amides is 1. The van der Waals surface area contributed by atoms with Crippen molar-refractivity contribution < 1.29 is 23.1 Å². The molecule has 3 N–H and O–H groups in total. The number of rotatable bonds is 8. The lowest BCUT2D eigenvalue weighted by molar-refractivity contribution is -0.139. The smallest absolute Gasteiger partial charge is 0.327 e. The van der Waals surface area contributed by atoms with Crippen molar-refractivity contribution in [2.75, 3.05) is 6.54 Å². The zero-order valence-electron chi connectivity index (χ0n) is 12.8. The van der Waals surface area contributed by atoms with E-state index in [-0.39, 0.29) is 6.54 Å². The van der Waals surface area contributed by atoms with Crippen molar-refractivity contribution in [3.05, 3.63) is 35.4 Å². The summed E-state index contributed by atoms with van der Waals surface area (Å²) in [6.07, 6.45) is 1.93. The molecule has 23 heavy (non-hydrogen) atoms. The molecule has 7 nitrogen and oxygen atoms in total. The Hall–Kier alpha value is -1.93. The summed E-state index contributed by atoms with van der Waals surface area (Å²) in [7, 11) is -3.49. The van der Waals surface area contributed by atoms with Crippen LogP contribution in [0.5, 0.6) is 0 Å². The number of hydrogen-bond acceptors (Lipinski definition) is 4. The van der Waals surface area contributed by atoms with Gasteiger partial charge in [0, 0.05) is 12.1 Å². The van der Waals surface area contributed by atoms with Crippen LogP contribution in [0, 0.1) is 0 Å². The van der Waals surface area contributed by atoms with Crippen LogP contribution in [-0.2, 0) is 21.2 Å². The van der Waals surface area contributed by atoms with Gasteiger partial charge in [-0.15, -0.1) is 0 Å². The number of benzene rings is 1. The van der Waals surface area contributed by atoms with E-state index in [4.69, 9.17) is 0 Å². The number of aliphatic carboxylic acids is 1. The molecular formula is C15H20N2O5S. The molecule has 1 amide bonds. The lowest BCUT2D eigenvalue weighted by Gasteiger charge is -2.15. The highest BCUT2D eigenvalue weighted by atomic mass is 32.2. The van der Waals surface area contributed by atoms with Crippen LogP contribution in [0.25, 0.3) is 0 Å². The van der Waals surface area contributed by atoms with E-state index in [9.17, 15) is 23.1 Å². The predicted molar refractivity (Wildman–Crippen MR) is 84.7 cm³/mol. The zero-order chi connectivity index (χ0) is 17.0. The van der Waals surface area contributed by atoms with E-state index in [0.717, 1.165) is 12.0 Å². The van der Waals surface area contributed by atoms with E-state index in [0.29, 0.717) is 18.4 Å². The SMILES string of the molecule is CCc1cccc(C(=O)N[C@@H](CNS(=O)(=O)C2CC2)C(=O)O)c1. The van der Waals surface area contributed by atoms with Gasteiger partial charge in [0.05, 0.1) is 5.25 Å². The van der Waals surface area contributed by atoms with Crippen molar-refractivity contribution in [1.29, 1.82) is 0 Å². The standard InChI is InChI=1S/C15H20N2O5S/c1-2-10-4-3-5-11(8-10)14(18)17-13(15(19)20)9-16-23(21,22)12-6-7-12/h3-5,8,12-13,16H,2,6-7,9H2,1H3,(H,17,18)(H,19,20)/t13-/m0/s1. The fraction of sp³-hybridized carbons (Fsp3) is 0.467. The molecule has 1 aliphatic carbocycles. The number of aryl methyl sites for hydroxylation is 1. The summed E-state index contributed by atoms with van der Waals surface area (Å²) in [4.78, 5) is 23.4. The minimum absolute atomic E-state index is 0.348. The molecule has 2 rings (SSSR count). The monoisotopic (exact) mass is 340 g/mol. The van der Waals surface area contributed by atoms with Gasteiger partial charge in [0.15, 0.2) is 0 Å². The van der Waals surface area contributed by atoms with Gasteiger partial charge in [-0.3, -0.25) is 4.79 Å². The fourth-order valence-electron chi connectivity index (χ4n) is 2.07. The maximum atomic E-state index is 12.1. The first-order valence-electron chi connectivity index (χ1n) is 7.44. The van der Waals surface area contributed by atoms with Gasteiger partial charge in [0.1, 0.15) is 6.04 Å². The van der Waals surface area contributed by atoms with Gasteiger partial charge in [0.2, 0.25) is 10.0 Å². The Morgan fingerprint density at radius 3 is 2.61 bits per heavy atom.